The summed E-state index contributed by atoms with van der Waals surface area (Å²) in [5, 5.41) is 5.64. The van der Waals surface area contributed by atoms with Crippen LogP contribution in [0.3, 0.4) is 0 Å². The van der Waals surface area contributed by atoms with Gasteiger partial charge in [-0.25, -0.2) is 0 Å². The molecule has 0 heterocycles. The van der Waals surface area contributed by atoms with Gasteiger partial charge in [0.1, 0.15) is 12.6 Å². The van der Waals surface area contributed by atoms with Crippen molar-refractivity contribution in [3.63, 3.8) is 0 Å². The summed E-state index contributed by atoms with van der Waals surface area (Å²) in [6.07, 6.45) is 1.15. The summed E-state index contributed by atoms with van der Waals surface area (Å²) in [5.74, 6) is 0.234. The van der Waals surface area contributed by atoms with Crippen LogP contribution in [0.4, 0.5) is 0 Å². The predicted octanol–water partition coefficient (Wildman–Crippen LogP) is 0.936. The van der Waals surface area contributed by atoms with Gasteiger partial charge in [0.15, 0.2) is 0 Å². The molecule has 1 rings (SSSR count). The normalized spacial score (nSPS) is 21.9. The predicted molar refractivity (Wildman–Crippen MR) is 73.5 cm³/mol. The molecule has 1 fully saturated rings. The minimum absolute atomic E-state index is 0.0217. The maximum Gasteiger partial charge on any atom is 0.246 e. The molecule has 110 valence electrons. The van der Waals surface area contributed by atoms with Crippen molar-refractivity contribution < 1.29 is 14.3 Å². The maximum atomic E-state index is 12.1. The minimum atomic E-state index is -0.496. The first-order valence-electron chi connectivity index (χ1n) is 6.84. The Balaban J connectivity index is 2.42. The van der Waals surface area contributed by atoms with Gasteiger partial charge < -0.3 is 15.4 Å². The summed E-state index contributed by atoms with van der Waals surface area (Å²) in [4.78, 5) is 23.6. The van der Waals surface area contributed by atoms with Gasteiger partial charge in [0, 0.05) is 13.7 Å². The van der Waals surface area contributed by atoms with Gasteiger partial charge in [-0.2, -0.15) is 0 Å². The monoisotopic (exact) mass is 270 g/mol. The van der Waals surface area contributed by atoms with E-state index in [-0.39, 0.29) is 24.3 Å². The molecule has 0 aromatic carbocycles. The summed E-state index contributed by atoms with van der Waals surface area (Å²) in [7, 11) is 1.46. The minimum Gasteiger partial charge on any atom is -0.375 e. The van der Waals surface area contributed by atoms with Crippen molar-refractivity contribution in [3.05, 3.63) is 0 Å². The number of amides is 2. The lowest BCUT2D eigenvalue weighted by molar-refractivity contribution is -0.132. The molecule has 2 atom stereocenters. The van der Waals surface area contributed by atoms with E-state index in [2.05, 4.69) is 24.5 Å². The third-order valence-corrected chi connectivity index (χ3v) is 3.78. The summed E-state index contributed by atoms with van der Waals surface area (Å²) < 4.78 is 4.76. The van der Waals surface area contributed by atoms with Crippen molar-refractivity contribution in [1.82, 2.24) is 10.6 Å². The van der Waals surface area contributed by atoms with Gasteiger partial charge in [0.25, 0.3) is 0 Å². The van der Waals surface area contributed by atoms with E-state index in [9.17, 15) is 9.59 Å². The van der Waals surface area contributed by atoms with Crippen LogP contribution in [0.5, 0.6) is 0 Å². The van der Waals surface area contributed by atoms with Crippen LogP contribution in [-0.4, -0.2) is 38.1 Å². The lowest BCUT2D eigenvalue weighted by Gasteiger charge is -2.21. The topological polar surface area (TPSA) is 67.4 Å². The number of hydrogen-bond acceptors (Lipinski definition) is 3. The molecule has 0 bridgehead atoms. The molecule has 0 spiro atoms. The van der Waals surface area contributed by atoms with Crippen molar-refractivity contribution in [2.75, 3.05) is 20.3 Å². The zero-order valence-electron chi connectivity index (χ0n) is 12.6. The quantitative estimate of drug-likeness (QED) is 0.723. The molecule has 1 saturated carbocycles. The van der Waals surface area contributed by atoms with Crippen LogP contribution in [-0.2, 0) is 14.3 Å². The third-order valence-electron chi connectivity index (χ3n) is 3.78. The highest BCUT2D eigenvalue weighted by atomic mass is 16.5. The molecule has 2 amide bonds. The van der Waals surface area contributed by atoms with Crippen molar-refractivity contribution >= 4 is 11.8 Å². The highest BCUT2D eigenvalue weighted by Crippen LogP contribution is 2.50. The average molecular weight is 270 g/mol. The lowest BCUT2D eigenvalue weighted by atomic mass is 10.0. The van der Waals surface area contributed by atoms with E-state index in [1.165, 1.54) is 7.11 Å². The van der Waals surface area contributed by atoms with Crippen LogP contribution < -0.4 is 10.6 Å². The second kappa shape index (κ2) is 6.37. The summed E-state index contributed by atoms with van der Waals surface area (Å²) in [6.45, 7) is 8.90. The second-order valence-corrected chi connectivity index (χ2v) is 6.36. The zero-order chi connectivity index (χ0) is 14.6. The van der Waals surface area contributed by atoms with Crippen molar-refractivity contribution in [3.8, 4) is 0 Å². The second-order valence-electron chi connectivity index (χ2n) is 6.36. The van der Waals surface area contributed by atoms with Gasteiger partial charge >= 0.3 is 0 Å². The molecule has 2 N–H and O–H groups in total. The van der Waals surface area contributed by atoms with E-state index >= 15 is 0 Å². The Labute approximate surface area is 115 Å². The van der Waals surface area contributed by atoms with Gasteiger partial charge in [0.2, 0.25) is 11.8 Å². The van der Waals surface area contributed by atoms with Gasteiger partial charge in [-0.3, -0.25) is 9.59 Å². The van der Waals surface area contributed by atoms with Gasteiger partial charge in [-0.15, -0.1) is 0 Å². The number of carbonyl (C=O) groups is 2. The van der Waals surface area contributed by atoms with Gasteiger partial charge in [-0.1, -0.05) is 27.7 Å². The Kier molecular flexibility index (Phi) is 5.35. The highest BCUT2D eigenvalue weighted by Gasteiger charge is 2.45. The van der Waals surface area contributed by atoms with Crippen LogP contribution in [0.1, 0.15) is 34.1 Å². The summed E-state index contributed by atoms with van der Waals surface area (Å²) in [6, 6.07) is -0.496. The Morgan fingerprint density at radius 1 is 1.37 bits per heavy atom. The molecule has 0 aliphatic heterocycles. The molecule has 19 heavy (non-hydrogen) atoms. The molecular formula is C14H26N2O3. The van der Waals surface area contributed by atoms with Crippen molar-refractivity contribution in [2.24, 2.45) is 17.3 Å². The molecule has 0 aromatic heterocycles. The van der Waals surface area contributed by atoms with E-state index in [1.54, 1.807) is 0 Å². The Morgan fingerprint density at radius 3 is 2.37 bits per heavy atom. The fourth-order valence-electron chi connectivity index (χ4n) is 2.14. The van der Waals surface area contributed by atoms with Crippen LogP contribution in [0.25, 0.3) is 0 Å². The van der Waals surface area contributed by atoms with E-state index in [4.69, 9.17) is 4.74 Å². The third kappa shape index (κ3) is 4.82. The van der Waals surface area contributed by atoms with E-state index in [0.717, 1.165) is 6.42 Å². The fourth-order valence-corrected chi connectivity index (χ4v) is 2.14. The molecule has 1 aliphatic rings. The molecule has 5 nitrogen and oxygen atoms in total. The maximum absolute atomic E-state index is 12.1. The first-order chi connectivity index (χ1) is 8.77. The molecule has 0 unspecified atom stereocenters. The molecule has 1 aliphatic carbocycles. The molecular weight excluding hydrogens is 244 g/mol. The molecule has 0 saturated heterocycles. The number of nitrogens with one attached hydrogen (secondary N) is 2. The zero-order valence-corrected chi connectivity index (χ0v) is 12.6. The Bertz CT molecular complexity index is 340. The average Bonchev–Trinajstić information content (AvgIpc) is 2.91. The first kappa shape index (κ1) is 16.0. The van der Waals surface area contributed by atoms with Crippen LogP contribution in [0, 0.1) is 17.3 Å². The first-order valence-corrected chi connectivity index (χ1v) is 6.84. The van der Waals surface area contributed by atoms with Gasteiger partial charge in [-0.05, 0) is 23.7 Å². The van der Waals surface area contributed by atoms with Crippen LogP contribution in [0.15, 0.2) is 0 Å². The number of hydrogen-bond donors (Lipinski definition) is 2. The van der Waals surface area contributed by atoms with E-state index in [1.807, 2.05) is 13.8 Å². The van der Waals surface area contributed by atoms with Crippen molar-refractivity contribution in [2.45, 2.75) is 40.2 Å². The lowest BCUT2D eigenvalue weighted by Crippen LogP contribution is -2.51. The van der Waals surface area contributed by atoms with Crippen LogP contribution >= 0.6 is 0 Å². The SMILES string of the molecule is COCC(=O)N[C@H](C(=O)NC[C@H]1CC1(C)C)C(C)C. The Morgan fingerprint density at radius 2 is 1.95 bits per heavy atom. The summed E-state index contributed by atoms with van der Waals surface area (Å²) in [5.41, 5.74) is 0.347. The van der Waals surface area contributed by atoms with Crippen LogP contribution in [0.2, 0.25) is 0 Å². The van der Waals surface area contributed by atoms with Crippen molar-refractivity contribution in [1.29, 1.82) is 0 Å². The number of rotatable bonds is 7. The molecule has 0 radical (unpaired) electrons. The fraction of sp³-hybridized carbons (Fsp3) is 0.857. The molecule has 5 heteroatoms. The number of ether oxygens (including phenoxy) is 1. The molecule has 0 aromatic rings. The number of methoxy groups -OCH3 is 1. The standard InChI is InChI=1S/C14H26N2O3/c1-9(2)12(16-11(17)8-19-5)13(18)15-7-10-6-14(10,3)4/h9-10,12H,6-8H2,1-5H3,(H,15,18)(H,16,17)/t10-,12+/m1/s1. The van der Waals surface area contributed by atoms with E-state index in [0.29, 0.717) is 17.9 Å². The largest absolute Gasteiger partial charge is 0.375 e. The summed E-state index contributed by atoms with van der Waals surface area (Å²) >= 11 is 0. The Hall–Kier alpha value is -1.10. The van der Waals surface area contributed by atoms with Gasteiger partial charge in [0.05, 0.1) is 0 Å². The highest BCUT2D eigenvalue weighted by molar-refractivity contribution is 5.88. The van der Waals surface area contributed by atoms with E-state index < -0.39 is 6.04 Å². The smallest absolute Gasteiger partial charge is 0.246 e. The number of carbonyl (C=O) groups excluding carboxylic acids is 2.